The molecular formula is C46H77ClN4O9. The van der Waals surface area contributed by atoms with Crippen LogP contribution in [-0.4, -0.2) is 116 Å². The average Bonchev–Trinajstić information content (AvgIpc) is 3.15. The molecule has 0 aliphatic heterocycles. The lowest BCUT2D eigenvalue weighted by Gasteiger charge is -2.29. The van der Waals surface area contributed by atoms with Gasteiger partial charge in [-0.2, -0.15) is 0 Å². The minimum atomic E-state index is -0.490. The van der Waals surface area contributed by atoms with Crippen LogP contribution in [0.25, 0.3) is 0 Å². The fraction of sp³-hybridized carbons (Fsp3) is 0.630. The van der Waals surface area contributed by atoms with Crippen LogP contribution in [-0.2, 0) is 46.5 Å². The maximum absolute atomic E-state index is 12.6. The minimum absolute atomic E-state index is 0. The van der Waals surface area contributed by atoms with Gasteiger partial charge in [0.15, 0.2) is 0 Å². The quantitative estimate of drug-likeness (QED) is 0.0628. The number of unbranched alkanes of at least 4 members (excludes halogenated alkanes) is 2. The highest BCUT2D eigenvalue weighted by atomic mass is 35.5. The molecule has 2 aromatic rings. The summed E-state index contributed by atoms with van der Waals surface area (Å²) in [5.41, 5.74) is 1.04. The third-order valence-electron chi connectivity index (χ3n) is 8.51. The Bertz CT molecular complexity index is 1480. The van der Waals surface area contributed by atoms with Gasteiger partial charge in [-0.25, -0.2) is 9.59 Å². The number of nitrogens with one attached hydrogen (secondary N) is 1. The zero-order chi connectivity index (χ0) is 45.2. The van der Waals surface area contributed by atoms with E-state index in [4.69, 9.17) is 18.9 Å². The van der Waals surface area contributed by atoms with Gasteiger partial charge in [0.25, 0.3) is 0 Å². The molecule has 0 bridgehead atoms. The van der Waals surface area contributed by atoms with E-state index in [-0.39, 0.29) is 67.1 Å². The summed E-state index contributed by atoms with van der Waals surface area (Å²) >= 11 is 0. The van der Waals surface area contributed by atoms with Gasteiger partial charge in [-0.3, -0.25) is 14.5 Å². The van der Waals surface area contributed by atoms with Crippen LogP contribution in [0.2, 0.25) is 0 Å². The number of rotatable bonds is 19. The van der Waals surface area contributed by atoms with Crippen LogP contribution < -0.4 is 5.32 Å². The Kier molecular flexibility index (Phi) is 29.7. The summed E-state index contributed by atoms with van der Waals surface area (Å²) in [4.78, 5) is 62.9. The van der Waals surface area contributed by atoms with Crippen LogP contribution in [0.1, 0.15) is 106 Å². The van der Waals surface area contributed by atoms with Crippen molar-refractivity contribution in [3.05, 3.63) is 71.8 Å². The van der Waals surface area contributed by atoms with Crippen molar-refractivity contribution in [3.8, 4) is 0 Å². The first-order valence-electron chi connectivity index (χ1n) is 20.6. The molecule has 342 valence electrons. The van der Waals surface area contributed by atoms with Gasteiger partial charge in [0.05, 0.1) is 0 Å². The zero-order valence-corrected chi connectivity index (χ0v) is 39.8. The monoisotopic (exact) mass is 865 g/mol. The smallest absolute Gasteiger partial charge is 0.410 e. The minimum Gasteiger partial charge on any atom is -0.460 e. The standard InChI is InChI=1S/C23H38N2O4.C13H19NO2.C10H19NO3.ClH/c1-18(2)20(21(26)28-17-19-13-9-8-10-14-19)24(6)15-11-12-16-25(7)22(27)29-23(3,4)5;1-10(2)12(14-3)13(15)16-9-11-7-5-4-6-8-11;1-10(2,3)14-9(13)11(4)7-5-6-8-12;/h8-10,13-14,18,20H,11-12,15-17H2,1-7H3;4-8,10,12,14H,9H2,1-3H3;8H,5-7H2,1-4H3;1H/t20-;12-;;/m00../s1. The van der Waals surface area contributed by atoms with Crippen molar-refractivity contribution in [2.45, 2.75) is 131 Å². The lowest BCUT2D eigenvalue weighted by Crippen LogP contribution is -2.44. The highest BCUT2D eigenvalue weighted by Crippen LogP contribution is 2.15. The van der Waals surface area contributed by atoms with Crippen LogP contribution >= 0.6 is 12.4 Å². The van der Waals surface area contributed by atoms with Gasteiger partial charge in [-0.15, -0.1) is 12.4 Å². The number of carbonyl (C=O) groups is 5. The number of hydrogen-bond donors (Lipinski definition) is 1. The van der Waals surface area contributed by atoms with Crippen LogP contribution in [0.15, 0.2) is 60.7 Å². The Morgan fingerprint density at radius 3 is 1.40 bits per heavy atom. The summed E-state index contributed by atoms with van der Waals surface area (Å²) in [6.07, 6.45) is 3.07. The summed E-state index contributed by atoms with van der Waals surface area (Å²) in [7, 11) is 7.13. The highest BCUT2D eigenvalue weighted by Gasteiger charge is 2.28. The second kappa shape index (κ2) is 30.8. The van der Waals surface area contributed by atoms with Crippen LogP contribution in [0.4, 0.5) is 9.59 Å². The van der Waals surface area contributed by atoms with E-state index in [2.05, 4.69) is 5.32 Å². The summed E-state index contributed by atoms with van der Waals surface area (Å²) in [5.74, 6) is -0.0143. The molecule has 0 saturated heterocycles. The highest BCUT2D eigenvalue weighted by molar-refractivity contribution is 5.85. The molecule has 0 fully saturated rings. The molecule has 0 heterocycles. The molecule has 2 atom stereocenters. The Hall–Kier alpha value is -4.20. The molecule has 60 heavy (non-hydrogen) atoms. The van der Waals surface area contributed by atoms with Gasteiger partial charge in [0, 0.05) is 33.6 Å². The van der Waals surface area contributed by atoms with Gasteiger partial charge in [-0.1, -0.05) is 88.4 Å². The first-order valence-corrected chi connectivity index (χ1v) is 20.6. The molecule has 13 nitrogen and oxygen atoms in total. The molecule has 0 aromatic heterocycles. The van der Waals surface area contributed by atoms with Gasteiger partial charge in [0.2, 0.25) is 0 Å². The number of hydrogen-bond acceptors (Lipinski definition) is 11. The zero-order valence-electron chi connectivity index (χ0n) is 38.9. The maximum Gasteiger partial charge on any atom is 0.410 e. The van der Waals surface area contributed by atoms with Crippen molar-refractivity contribution in [3.63, 3.8) is 0 Å². The molecule has 0 aliphatic rings. The SMILES string of the molecule is CC(C)[C@@H](C(=O)OCc1ccccc1)N(C)CCCCN(C)C(=O)OC(C)(C)C.CN(CCCC=O)C(=O)OC(C)(C)C.CN[C@H](C(=O)OCc1ccccc1)C(C)C.Cl. The normalized spacial score (nSPS) is 12.0. The first kappa shape index (κ1) is 57.9. The van der Waals surface area contributed by atoms with E-state index in [1.807, 2.05) is 142 Å². The Labute approximate surface area is 367 Å². The van der Waals surface area contributed by atoms with Crippen molar-refractivity contribution in [1.29, 1.82) is 0 Å². The fourth-order valence-corrected chi connectivity index (χ4v) is 5.44. The molecule has 0 radical (unpaired) electrons. The number of likely N-dealkylation sites (N-methyl/N-ethyl adjacent to an activating group) is 2. The summed E-state index contributed by atoms with van der Waals surface area (Å²) in [6.45, 7) is 21.6. The molecule has 0 spiro atoms. The summed E-state index contributed by atoms with van der Waals surface area (Å²) < 4.78 is 21.3. The molecule has 14 heteroatoms. The Balaban J connectivity index is 0. The molecule has 2 aromatic carbocycles. The molecule has 0 aliphatic carbocycles. The topological polar surface area (TPSA) is 144 Å². The van der Waals surface area contributed by atoms with Crippen LogP contribution in [0.3, 0.4) is 0 Å². The fourth-order valence-electron chi connectivity index (χ4n) is 5.44. The lowest BCUT2D eigenvalue weighted by molar-refractivity contribution is -0.152. The third kappa shape index (κ3) is 27.5. The Morgan fingerprint density at radius 2 is 1.03 bits per heavy atom. The van der Waals surface area contributed by atoms with Gasteiger partial charge in [-0.05, 0) is 104 Å². The van der Waals surface area contributed by atoms with Crippen molar-refractivity contribution in [2.24, 2.45) is 11.8 Å². The number of benzene rings is 2. The predicted octanol–water partition coefficient (Wildman–Crippen LogP) is 8.56. The van der Waals surface area contributed by atoms with Gasteiger partial charge >= 0.3 is 24.1 Å². The van der Waals surface area contributed by atoms with E-state index in [9.17, 15) is 24.0 Å². The molecule has 1 N–H and O–H groups in total. The molecular weight excluding hydrogens is 788 g/mol. The number of esters is 2. The van der Waals surface area contributed by atoms with Crippen molar-refractivity contribution < 1.29 is 42.9 Å². The lowest BCUT2D eigenvalue weighted by atomic mass is 10.0. The van der Waals surface area contributed by atoms with E-state index in [1.165, 1.54) is 4.90 Å². The number of aldehydes is 1. The Morgan fingerprint density at radius 1 is 0.633 bits per heavy atom. The second-order valence-electron chi connectivity index (χ2n) is 17.2. The summed E-state index contributed by atoms with van der Waals surface area (Å²) in [5, 5.41) is 2.96. The number of amides is 2. The predicted molar refractivity (Wildman–Crippen MR) is 241 cm³/mol. The van der Waals surface area contributed by atoms with Crippen LogP contribution in [0.5, 0.6) is 0 Å². The van der Waals surface area contributed by atoms with Gasteiger partial charge in [0.1, 0.15) is 42.8 Å². The largest absolute Gasteiger partial charge is 0.460 e. The number of carbonyl (C=O) groups excluding carboxylic acids is 5. The number of halogens is 1. The first-order chi connectivity index (χ1) is 27.5. The molecule has 0 saturated carbocycles. The maximum atomic E-state index is 12.6. The van der Waals surface area contributed by atoms with E-state index in [1.54, 1.807) is 26.0 Å². The second-order valence-corrected chi connectivity index (χ2v) is 17.2. The van der Waals surface area contributed by atoms with E-state index in [0.717, 1.165) is 36.8 Å². The molecule has 2 rings (SSSR count). The molecule has 0 unspecified atom stereocenters. The van der Waals surface area contributed by atoms with Crippen LogP contribution in [0, 0.1) is 11.8 Å². The van der Waals surface area contributed by atoms with E-state index < -0.39 is 11.2 Å². The summed E-state index contributed by atoms with van der Waals surface area (Å²) in [6, 6.07) is 18.9. The third-order valence-corrected chi connectivity index (χ3v) is 8.51. The number of ether oxygens (including phenoxy) is 4. The molecule has 2 amide bonds. The van der Waals surface area contributed by atoms with Crippen molar-refractivity contribution >= 4 is 42.8 Å². The number of nitrogens with zero attached hydrogens (tertiary/aromatic N) is 3. The van der Waals surface area contributed by atoms with E-state index >= 15 is 0 Å². The van der Waals surface area contributed by atoms with Crippen molar-refractivity contribution in [1.82, 2.24) is 20.0 Å². The van der Waals surface area contributed by atoms with E-state index in [0.29, 0.717) is 32.5 Å². The van der Waals surface area contributed by atoms with Crippen molar-refractivity contribution in [2.75, 3.05) is 47.8 Å². The average molecular weight is 866 g/mol. The van der Waals surface area contributed by atoms with Gasteiger partial charge < -0.3 is 38.9 Å².